The fourth-order valence-corrected chi connectivity index (χ4v) is 2.26. The molecule has 0 fully saturated rings. The van der Waals surface area contributed by atoms with Crippen LogP contribution >= 0.6 is 15.9 Å². The molecule has 3 nitrogen and oxygen atoms in total. The summed E-state index contributed by atoms with van der Waals surface area (Å²) in [7, 11) is 0. The molecule has 0 saturated heterocycles. The van der Waals surface area contributed by atoms with E-state index in [1.54, 1.807) is 22.7 Å². The van der Waals surface area contributed by atoms with E-state index in [2.05, 4.69) is 20.9 Å². The second kappa shape index (κ2) is 4.31. The minimum atomic E-state index is -0.948. The van der Waals surface area contributed by atoms with Crippen molar-refractivity contribution in [2.24, 2.45) is 0 Å². The molecule has 0 saturated carbocycles. The molecule has 0 aliphatic rings. The smallest absolute Gasteiger partial charge is 0.168 e. The van der Waals surface area contributed by atoms with Gasteiger partial charge in [0.05, 0.1) is 0 Å². The van der Waals surface area contributed by atoms with Crippen LogP contribution in [-0.4, -0.2) is 9.38 Å². The van der Waals surface area contributed by atoms with Crippen molar-refractivity contribution in [1.82, 2.24) is 9.38 Å². The number of hydrogen-bond donors (Lipinski definition) is 1. The van der Waals surface area contributed by atoms with E-state index < -0.39 is 11.6 Å². The lowest BCUT2D eigenvalue weighted by molar-refractivity contribution is 0.511. The van der Waals surface area contributed by atoms with Crippen molar-refractivity contribution in [1.29, 1.82) is 0 Å². The first-order valence-corrected chi connectivity index (χ1v) is 6.24. The Morgan fingerprint density at radius 3 is 2.74 bits per heavy atom. The molecule has 0 aliphatic carbocycles. The maximum Gasteiger partial charge on any atom is 0.168 e. The van der Waals surface area contributed by atoms with E-state index in [0.29, 0.717) is 5.65 Å². The number of benzene rings is 1. The van der Waals surface area contributed by atoms with E-state index >= 15 is 0 Å². The van der Waals surface area contributed by atoms with Crippen LogP contribution in [0.15, 0.2) is 41.0 Å². The molecule has 2 aromatic heterocycles. The normalized spacial score (nSPS) is 11.1. The van der Waals surface area contributed by atoms with Crippen molar-refractivity contribution in [3.63, 3.8) is 0 Å². The highest BCUT2D eigenvalue weighted by Crippen LogP contribution is 2.30. The highest BCUT2D eigenvalue weighted by molar-refractivity contribution is 9.10. The topological polar surface area (TPSA) is 43.3 Å². The number of rotatable bonds is 1. The van der Waals surface area contributed by atoms with Gasteiger partial charge < -0.3 is 5.73 Å². The van der Waals surface area contributed by atoms with Gasteiger partial charge in [-0.25, -0.2) is 13.8 Å². The highest BCUT2D eigenvalue weighted by atomic mass is 79.9. The fraction of sp³-hybridized carbons (Fsp3) is 0. The van der Waals surface area contributed by atoms with E-state index in [4.69, 9.17) is 5.73 Å². The number of imidazole rings is 1. The van der Waals surface area contributed by atoms with Crippen LogP contribution in [0.5, 0.6) is 0 Å². The molecule has 19 heavy (non-hydrogen) atoms. The van der Waals surface area contributed by atoms with Crippen LogP contribution in [-0.2, 0) is 0 Å². The van der Waals surface area contributed by atoms with Crippen molar-refractivity contribution in [3.8, 4) is 11.3 Å². The van der Waals surface area contributed by atoms with Gasteiger partial charge in [0.2, 0.25) is 0 Å². The monoisotopic (exact) mass is 323 g/mol. The third kappa shape index (κ3) is 1.88. The van der Waals surface area contributed by atoms with Gasteiger partial charge in [0.1, 0.15) is 17.2 Å². The fourth-order valence-electron chi connectivity index (χ4n) is 1.92. The van der Waals surface area contributed by atoms with E-state index in [-0.39, 0.29) is 17.1 Å². The molecular formula is C13H8BrF2N3. The second-order valence-electron chi connectivity index (χ2n) is 4.02. The van der Waals surface area contributed by atoms with Gasteiger partial charge in [0.15, 0.2) is 11.6 Å². The molecule has 0 atom stereocenters. The van der Waals surface area contributed by atoms with Crippen molar-refractivity contribution in [2.45, 2.75) is 0 Å². The van der Waals surface area contributed by atoms with Gasteiger partial charge in [-0.15, -0.1) is 0 Å². The Kier molecular flexibility index (Phi) is 2.74. The van der Waals surface area contributed by atoms with Crippen LogP contribution in [0.1, 0.15) is 0 Å². The summed E-state index contributed by atoms with van der Waals surface area (Å²) in [5.74, 6) is -1.60. The number of pyridine rings is 1. The van der Waals surface area contributed by atoms with Crippen LogP contribution in [0.4, 0.5) is 14.6 Å². The van der Waals surface area contributed by atoms with E-state index in [9.17, 15) is 8.78 Å². The number of nitrogen functional groups attached to an aromatic ring is 1. The second-order valence-corrected chi connectivity index (χ2v) is 4.94. The quantitative estimate of drug-likeness (QED) is 0.743. The number of aromatic nitrogens is 2. The number of halogens is 3. The predicted molar refractivity (Wildman–Crippen MR) is 72.7 cm³/mol. The summed E-state index contributed by atoms with van der Waals surface area (Å²) in [5.41, 5.74) is 6.80. The number of nitrogens with zero attached hydrogens (tertiary/aromatic N) is 2. The summed E-state index contributed by atoms with van der Waals surface area (Å²) in [4.78, 5) is 4.24. The average Bonchev–Trinajstić information content (AvgIpc) is 2.70. The highest BCUT2D eigenvalue weighted by Gasteiger charge is 2.17. The van der Waals surface area contributed by atoms with Crippen LogP contribution in [0.2, 0.25) is 0 Å². The Labute approximate surface area is 115 Å². The minimum absolute atomic E-state index is 0.0531. The zero-order valence-corrected chi connectivity index (χ0v) is 11.2. The lowest BCUT2D eigenvalue weighted by atomic mass is 10.1. The molecule has 0 bridgehead atoms. The predicted octanol–water partition coefficient (Wildman–Crippen LogP) is 3.62. The number of anilines is 1. The summed E-state index contributed by atoms with van der Waals surface area (Å²) in [5, 5.41) is 0. The molecule has 2 N–H and O–H groups in total. The van der Waals surface area contributed by atoms with Gasteiger partial charge in [-0.3, -0.25) is 4.40 Å². The van der Waals surface area contributed by atoms with Gasteiger partial charge in [-0.1, -0.05) is 6.07 Å². The Balaban J connectivity index is 2.31. The van der Waals surface area contributed by atoms with Gasteiger partial charge in [-0.2, -0.15) is 0 Å². The van der Waals surface area contributed by atoms with Crippen LogP contribution in [0.25, 0.3) is 16.9 Å². The Morgan fingerprint density at radius 2 is 1.95 bits per heavy atom. The Morgan fingerprint density at radius 1 is 1.16 bits per heavy atom. The summed E-state index contributed by atoms with van der Waals surface area (Å²) >= 11 is 3.32. The van der Waals surface area contributed by atoms with E-state index in [1.807, 2.05) is 0 Å². The van der Waals surface area contributed by atoms with Crippen LogP contribution in [0, 0.1) is 11.6 Å². The maximum absolute atomic E-state index is 13.8. The van der Waals surface area contributed by atoms with Gasteiger partial charge in [0.25, 0.3) is 0 Å². The SMILES string of the molecule is Nc1c(-c2cccc(F)c2F)nc2ccc(Br)cn12. The molecule has 1 aromatic carbocycles. The first-order valence-electron chi connectivity index (χ1n) is 5.45. The first-order chi connectivity index (χ1) is 9.08. The first kappa shape index (κ1) is 12.1. The van der Waals surface area contributed by atoms with Crippen molar-refractivity contribution in [2.75, 3.05) is 5.73 Å². The third-order valence-corrected chi connectivity index (χ3v) is 3.30. The summed E-state index contributed by atoms with van der Waals surface area (Å²) < 4.78 is 29.5. The molecule has 0 amide bonds. The molecule has 3 aromatic rings. The lowest BCUT2D eigenvalue weighted by Crippen LogP contribution is -1.96. The van der Waals surface area contributed by atoms with Gasteiger partial charge in [0, 0.05) is 16.2 Å². The van der Waals surface area contributed by atoms with Crippen molar-refractivity contribution in [3.05, 3.63) is 52.6 Å². The molecule has 2 heterocycles. The molecule has 96 valence electrons. The number of fused-ring (bicyclic) bond motifs is 1. The standard InChI is InChI=1S/C13H8BrF2N3/c14-7-4-5-10-18-12(13(17)19(10)6-7)8-2-1-3-9(15)11(8)16/h1-6H,17H2. The van der Waals surface area contributed by atoms with E-state index in [1.165, 1.54) is 12.1 Å². The summed E-state index contributed by atoms with van der Waals surface area (Å²) in [6.45, 7) is 0. The van der Waals surface area contributed by atoms with Gasteiger partial charge >= 0.3 is 0 Å². The van der Waals surface area contributed by atoms with Crippen LogP contribution < -0.4 is 5.73 Å². The zero-order valence-electron chi connectivity index (χ0n) is 9.57. The molecule has 0 spiro atoms. The zero-order chi connectivity index (χ0) is 13.6. The Bertz CT molecular complexity index is 783. The number of hydrogen-bond acceptors (Lipinski definition) is 2. The summed E-state index contributed by atoms with van der Waals surface area (Å²) in [6.07, 6.45) is 1.72. The number of nitrogens with two attached hydrogens (primary N) is 1. The minimum Gasteiger partial charge on any atom is -0.383 e. The Hall–Kier alpha value is -1.95. The third-order valence-electron chi connectivity index (χ3n) is 2.83. The van der Waals surface area contributed by atoms with Crippen molar-refractivity contribution < 1.29 is 8.78 Å². The van der Waals surface area contributed by atoms with Crippen molar-refractivity contribution >= 4 is 27.4 Å². The molecule has 0 radical (unpaired) electrons. The molecule has 3 rings (SSSR count). The molecular weight excluding hydrogens is 316 g/mol. The van der Waals surface area contributed by atoms with Gasteiger partial charge in [-0.05, 0) is 40.2 Å². The molecule has 6 heteroatoms. The lowest BCUT2D eigenvalue weighted by Gasteiger charge is -2.02. The largest absolute Gasteiger partial charge is 0.383 e. The molecule has 0 aliphatic heterocycles. The van der Waals surface area contributed by atoms with E-state index in [0.717, 1.165) is 10.5 Å². The summed E-state index contributed by atoms with van der Waals surface area (Å²) in [6, 6.07) is 7.47. The van der Waals surface area contributed by atoms with Crippen LogP contribution in [0.3, 0.4) is 0 Å². The maximum atomic E-state index is 13.8. The molecule has 0 unspecified atom stereocenters. The average molecular weight is 324 g/mol.